The highest BCUT2D eigenvalue weighted by molar-refractivity contribution is 6.53. The standard InChI is InChI=1S/C21H21N3O2/c25-19-20(26)24(18-14-8-3-9-15-18)21(22-16-10-4-1-5-11-16)23(19)17-12-6-2-7-13-17/h1-2,4-7,10-13,18H,3,8-9,14-15H2. The molecule has 26 heavy (non-hydrogen) atoms. The van der Waals surface area contributed by atoms with Gasteiger partial charge >= 0.3 is 11.8 Å². The van der Waals surface area contributed by atoms with Gasteiger partial charge in [-0.1, -0.05) is 55.7 Å². The van der Waals surface area contributed by atoms with Crippen molar-refractivity contribution in [2.24, 2.45) is 4.99 Å². The molecule has 0 unspecified atom stereocenters. The van der Waals surface area contributed by atoms with E-state index >= 15 is 0 Å². The van der Waals surface area contributed by atoms with Gasteiger partial charge in [-0.05, 0) is 37.1 Å². The van der Waals surface area contributed by atoms with Crippen LogP contribution in [-0.2, 0) is 9.59 Å². The lowest BCUT2D eigenvalue weighted by atomic mass is 9.94. The van der Waals surface area contributed by atoms with Crippen LogP contribution in [0.2, 0.25) is 0 Å². The fraction of sp³-hybridized carbons (Fsp3) is 0.286. The molecular formula is C21H21N3O2. The van der Waals surface area contributed by atoms with Crippen LogP contribution in [0.25, 0.3) is 0 Å². The van der Waals surface area contributed by atoms with E-state index in [0.717, 1.165) is 31.4 Å². The van der Waals surface area contributed by atoms with E-state index < -0.39 is 11.8 Å². The summed E-state index contributed by atoms with van der Waals surface area (Å²) in [6, 6.07) is 18.8. The Kier molecular flexibility index (Phi) is 4.52. The molecule has 1 aliphatic carbocycles. The van der Waals surface area contributed by atoms with Crippen LogP contribution >= 0.6 is 0 Å². The number of carbonyl (C=O) groups is 2. The highest BCUT2D eigenvalue weighted by Crippen LogP contribution is 2.31. The highest BCUT2D eigenvalue weighted by atomic mass is 16.2. The maximum absolute atomic E-state index is 12.8. The number of rotatable bonds is 3. The fourth-order valence-electron chi connectivity index (χ4n) is 3.69. The van der Waals surface area contributed by atoms with Crippen molar-refractivity contribution in [3.63, 3.8) is 0 Å². The van der Waals surface area contributed by atoms with Crippen molar-refractivity contribution < 1.29 is 9.59 Å². The summed E-state index contributed by atoms with van der Waals surface area (Å²) >= 11 is 0. The first-order chi connectivity index (χ1) is 12.8. The molecule has 1 aliphatic heterocycles. The topological polar surface area (TPSA) is 53.0 Å². The van der Waals surface area contributed by atoms with E-state index in [9.17, 15) is 9.59 Å². The Bertz CT molecular complexity index is 827. The maximum atomic E-state index is 12.8. The summed E-state index contributed by atoms with van der Waals surface area (Å²) in [6.45, 7) is 0. The lowest BCUT2D eigenvalue weighted by molar-refractivity contribution is -0.140. The number of para-hydroxylation sites is 2. The molecule has 1 heterocycles. The van der Waals surface area contributed by atoms with Crippen LogP contribution in [0.5, 0.6) is 0 Å². The summed E-state index contributed by atoms with van der Waals surface area (Å²) in [5, 5.41) is 0. The van der Waals surface area contributed by atoms with Gasteiger partial charge < -0.3 is 0 Å². The molecule has 4 rings (SSSR count). The number of nitrogens with zero attached hydrogens (tertiary/aromatic N) is 3. The molecule has 2 aromatic rings. The summed E-state index contributed by atoms with van der Waals surface area (Å²) in [5.74, 6) is -0.587. The average Bonchev–Trinajstić information content (AvgIpc) is 2.94. The maximum Gasteiger partial charge on any atom is 0.323 e. The second kappa shape index (κ2) is 7.12. The second-order valence-electron chi connectivity index (χ2n) is 6.69. The smallest absolute Gasteiger partial charge is 0.270 e. The van der Waals surface area contributed by atoms with Crippen LogP contribution in [0, 0.1) is 0 Å². The molecule has 0 N–H and O–H groups in total. The largest absolute Gasteiger partial charge is 0.323 e. The third-order valence-electron chi connectivity index (χ3n) is 4.96. The summed E-state index contributed by atoms with van der Waals surface area (Å²) < 4.78 is 0. The Balaban J connectivity index is 1.81. The van der Waals surface area contributed by atoms with E-state index in [1.165, 1.54) is 11.3 Å². The van der Waals surface area contributed by atoms with Gasteiger partial charge in [0.25, 0.3) is 0 Å². The Labute approximate surface area is 152 Å². The van der Waals surface area contributed by atoms with Crippen molar-refractivity contribution in [1.82, 2.24) is 4.90 Å². The lowest BCUT2D eigenvalue weighted by Gasteiger charge is -2.31. The molecule has 1 saturated heterocycles. The Morgan fingerprint density at radius 1 is 0.769 bits per heavy atom. The lowest BCUT2D eigenvalue weighted by Crippen LogP contribution is -2.43. The van der Waals surface area contributed by atoms with Crippen LogP contribution in [0.15, 0.2) is 65.7 Å². The molecule has 5 nitrogen and oxygen atoms in total. The van der Waals surface area contributed by atoms with Gasteiger partial charge in [0.2, 0.25) is 5.96 Å². The van der Waals surface area contributed by atoms with Gasteiger partial charge in [0.1, 0.15) is 0 Å². The molecular weight excluding hydrogens is 326 g/mol. The number of amides is 2. The Morgan fingerprint density at radius 3 is 2.04 bits per heavy atom. The number of guanidine groups is 1. The third-order valence-corrected chi connectivity index (χ3v) is 4.96. The van der Waals surface area contributed by atoms with Gasteiger partial charge in [-0.3, -0.25) is 14.5 Å². The van der Waals surface area contributed by atoms with Crippen LogP contribution in [0.3, 0.4) is 0 Å². The number of hydrogen-bond acceptors (Lipinski definition) is 3. The normalized spacial score (nSPS) is 20.2. The van der Waals surface area contributed by atoms with Crippen LogP contribution in [0.4, 0.5) is 11.4 Å². The molecule has 0 aromatic heterocycles. The number of benzene rings is 2. The molecule has 2 aliphatic rings. The van der Waals surface area contributed by atoms with Crippen LogP contribution in [0.1, 0.15) is 32.1 Å². The fourth-order valence-corrected chi connectivity index (χ4v) is 3.69. The molecule has 1 saturated carbocycles. The van der Waals surface area contributed by atoms with E-state index in [4.69, 9.17) is 4.99 Å². The van der Waals surface area contributed by atoms with Crippen molar-refractivity contribution in [3.05, 3.63) is 60.7 Å². The van der Waals surface area contributed by atoms with Crippen molar-refractivity contribution in [2.75, 3.05) is 4.90 Å². The zero-order valence-corrected chi connectivity index (χ0v) is 14.5. The Hall–Kier alpha value is -2.95. The third kappa shape index (κ3) is 3.01. The SMILES string of the molecule is O=C1C(=O)N(C2CCCCC2)C(=Nc2ccccc2)N1c1ccccc1. The van der Waals surface area contributed by atoms with Crippen LogP contribution in [-0.4, -0.2) is 28.7 Å². The predicted octanol–water partition coefficient (Wildman–Crippen LogP) is 3.88. The molecule has 0 atom stereocenters. The van der Waals surface area contributed by atoms with Gasteiger partial charge in [0, 0.05) is 6.04 Å². The van der Waals surface area contributed by atoms with Gasteiger partial charge in [-0.25, -0.2) is 9.89 Å². The first-order valence-electron chi connectivity index (χ1n) is 9.12. The zero-order chi connectivity index (χ0) is 17.9. The molecule has 5 heteroatoms. The van der Waals surface area contributed by atoms with Crippen molar-refractivity contribution in [3.8, 4) is 0 Å². The zero-order valence-electron chi connectivity index (χ0n) is 14.5. The van der Waals surface area contributed by atoms with E-state index in [1.807, 2.05) is 60.7 Å². The average molecular weight is 347 g/mol. The molecule has 132 valence electrons. The van der Waals surface area contributed by atoms with Gasteiger partial charge in [0.15, 0.2) is 0 Å². The molecule has 2 amide bonds. The van der Waals surface area contributed by atoms with Gasteiger partial charge in [-0.2, -0.15) is 0 Å². The van der Waals surface area contributed by atoms with E-state index in [2.05, 4.69) is 0 Å². The molecule has 0 bridgehead atoms. The predicted molar refractivity (Wildman–Crippen MR) is 101 cm³/mol. The molecule has 0 spiro atoms. The molecule has 0 radical (unpaired) electrons. The Morgan fingerprint density at radius 2 is 1.38 bits per heavy atom. The van der Waals surface area contributed by atoms with Crippen molar-refractivity contribution >= 4 is 29.1 Å². The summed E-state index contributed by atoms with van der Waals surface area (Å²) in [5.41, 5.74) is 1.39. The first-order valence-corrected chi connectivity index (χ1v) is 9.12. The number of aliphatic imine (C=N–C) groups is 1. The molecule has 2 fully saturated rings. The number of hydrogen-bond donors (Lipinski definition) is 0. The number of carbonyl (C=O) groups excluding carboxylic acids is 2. The summed E-state index contributed by atoms with van der Waals surface area (Å²) in [6.07, 6.45) is 5.16. The minimum atomic E-state index is -0.531. The molecule has 2 aromatic carbocycles. The van der Waals surface area contributed by atoms with Crippen molar-refractivity contribution in [2.45, 2.75) is 38.1 Å². The summed E-state index contributed by atoms with van der Waals surface area (Å²) in [4.78, 5) is 33.4. The van der Waals surface area contributed by atoms with E-state index in [-0.39, 0.29) is 6.04 Å². The van der Waals surface area contributed by atoms with Gasteiger partial charge in [-0.15, -0.1) is 0 Å². The minimum Gasteiger partial charge on any atom is -0.270 e. The highest BCUT2D eigenvalue weighted by Gasteiger charge is 2.46. The monoisotopic (exact) mass is 347 g/mol. The first kappa shape index (κ1) is 16.5. The van der Waals surface area contributed by atoms with E-state index in [0.29, 0.717) is 11.6 Å². The van der Waals surface area contributed by atoms with E-state index in [1.54, 1.807) is 4.90 Å². The summed E-state index contributed by atoms with van der Waals surface area (Å²) in [7, 11) is 0. The minimum absolute atomic E-state index is 0.0383. The number of anilines is 1. The van der Waals surface area contributed by atoms with Crippen LogP contribution < -0.4 is 4.90 Å². The van der Waals surface area contributed by atoms with Gasteiger partial charge in [0.05, 0.1) is 11.4 Å². The quantitative estimate of drug-likeness (QED) is 0.791. The second-order valence-corrected chi connectivity index (χ2v) is 6.69. The van der Waals surface area contributed by atoms with Crippen molar-refractivity contribution in [1.29, 1.82) is 0 Å².